The van der Waals surface area contributed by atoms with Crippen molar-refractivity contribution in [1.29, 1.82) is 0 Å². The predicted octanol–water partition coefficient (Wildman–Crippen LogP) is 6.33. The Balaban J connectivity index is 1.96. The Bertz CT molecular complexity index is 887. The Labute approximate surface area is 145 Å². The van der Waals surface area contributed by atoms with Crippen LogP contribution in [0.3, 0.4) is 0 Å². The molecule has 3 aromatic carbocycles. The van der Waals surface area contributed by atoms with E-state index < -0.39 is 0 Å². The van der Waals surface area contributed by atoms with Gasteiger partial charge in [0.2, 0.25) is 0 Å². The minimum absolute atomic E-state index is 0.706. The second-order valence-electron chi connectivity index (χ2n) is 5.47. The van der Waals surface area contributed by atoms with Crippen molar-refractivity contribution in [3.8, 4) is 33.7 Å². The maximum absolute atomic E-state index is 6.05. The summed E-state index contributed by atoms with van der Waals surface area (Å²) in [5, 5.41) is 5.06. The van der Waals surface area contributed by atoms with Crippen molar-refractivity contribution in [2.24, 2.45) is 0 Å². The number of halogens is 1. The molecule has 0 unspecified atom stereocenters. The standard InChI is InChI=1S/C21H14ClNO/c22-18-13-11-15(12-14-18)19-20(16-7-3-1-4-8-16)23-24-21(19)17-9-5-2-6-10-17/h1-14H. The first kappa shape index (κ1) is 14.7. The van der Waals surface area contributed by atoms with E-state index in [1.54, 1.807) is 0 Å². The number of aromatic nitrogens is 1. The number of nitrogens with zero attached hydrogens (tertiary/aromatic N) is 1. The maximum Gasteiger partial charge on any atom is 0.175 e. The van der Waals surface area contributed by atoms with Gasteiger partial charge in [-0.05, 0) is 17.7 Å². The lowest BCUT2D eigenvalue weighted by molar-refractivity contribution is 0.435. The van der Waals surface area contributed by atoms with Gasteiger partial charge < -0.3 is 4.52 Å². The summed E-state index contributed by atoms with van der Waals surface area (Å²) in [6.07, 6.45) is 0. The van der Waals surface area contributed by atoms with Gasteiger partial charge in [0.05, 0.1) is 5.56 Å². The highest BCUT2D eigenvalue weighted by atomic mass is 35.5. The Morgan fingerprint density at radius 3 is 1.83 bits per heavy atom. The maximum atomic E-state index is 6.05. The van der Waals surface area contributed by atoms with Gasteiger partial charge in [0.1, 0.15) is 5.69 Å². The molecular formula is C21H14ClNO. The van der Waals surface area contributed by atoms with Gasteiger partial charge in [0.25, 0.3) is 0 Å². The fraction of sp³-hybridized carbons (Fsp3) is 0. The van der Waals surface area contributed by atoms with Crippen LogP contribution in [0.15, 0.2) is 89.5 Å². The number of hydrogen-bond acceptors (Lipinski definition) is 2. The monoisotopic (exact) mass is 331 g/mol. The van der Waals surface area contributed by atoms with Gasteiger partial charge >= 0.3 is 0 Å². The normalized spacial score (nSPS) is 10.7. The van der Waals surface area contributed by atoms with E-state index in [2.05, 4.69) is 5.16 Å². The molecule has 0 N–H and O–H groups in total. The predicted molar refractivity (Wildman–Crippen MR) is 97.8 cm³/mol. The summed E-state index contributed by atoms with van der Waals surface area (Å²) in [6, 6.07) is 27.8. The highest BCUT2D eigenvalue weighted by Crippen LogP contribution is 2.40. The second kappa shape index (κ2) is 6.34. The van der Waals surface area contributed by atoms with Gasteiger partial charge in [0.15, 0.2) is 5.76 Å². The molecule has 0 bridgehead atoms. The molecule has 0 fully saturated rings. The Morgan fingerprint density at radius 2 is 1.21 bits per heavy atom. The zero-order valence-corrected chi connectivity index (χ0v) is 13.6. The molecule has 116 valence electrons. The van der Waals surface area contributed by atoms with Crippen LogP contribution in [0.4, 0.5) is 0 Å². The SMILES string of the molecule is Clc1ccc(-c2c(-c3ccccc3)noc2-c2ccccc2)cc1. The van der Waals surface area contributed by atoms with Crippen LogP contribution in [0.25, 0.3) is 33.7 Å². The highest BCUT2D eigenvalue weighted by Gasteiger charge is 2.20. The van der Waals surface area contributed by atoms with Crippen LogP contribution in [0.5, 0.6) is 0 Å². The fourth-order valence-corrected chi connectivity index (χ4v) is 2.88. The molecule has 0 spiro atoms. The molecule has 0 atom stereocenters. The van der Waals surface area contributed by atoms with Crippen molar-refractivity contribution < 1.29 is 4.52 Å². The molecule has 0 radical (unpaired) electrons. The lowest BCUT2D eigenvalue weighted by Gasteiger charge is -2.05. The van der Waals surface area contributed by atoms with Crippen LogP contribution in [-0.2, 0) is 0 Å². The first-order chi connectivity index (χ1) is 11.8. The molecule has 0 aliphatic heterocycles. The third-order valence-corrected chi connectivity index (χ3v) is 4.16. The van der Waals surface area contributed by atoms with Crippen molar-refractivity contribution in [2.75, 3.05) is 0 Å². The lowest BCUT2D eigenvalue weighted by atomic mass is 9.96. The third kappa shape index (κ3) is 2.72. The van der Waals surface area contributed by atoms with Crippen LogP contribution >= 0.6 is 11.6 Å². The lowest BCUT2D eigenvalue weighted by Crippen LogP contribution is -1.85. The van der Waals surface area contributed by atoms with E-state index >= 15 is 0 Å². The van der Waals surface area contributed by atoms with E-state index in [0.29, 0.717) is 5.02 Å². The molecule has 0 aliphatic carbocycles. The van der Waals surface area contributed by atoms with Crippen LogP contribution in [0.2, 0.25) is 5.02 Å². The van der Waals surface area contributed by atoms with Crippen molar-refractivity contribution in [3.63, 3.8) is 0 Å². The van der Waals surface area contributed by atoms with Crippen LogP contribution in [-0.4, -0.2) is 5.16 Å². The summed E-state index contributed by atoms with van der Waals surface area (Å²) in [7, 11) is 0. The van der Waals surface area contributed by atoms with Crippen LogP contribution < -0.4 is 0 Å². The molecule has 2 nitrogen and oxygen atoms in total. The van der Waals surface area contributed by atoms with Crippen molar-refractivity contribution in [2.45, 2.75) is 0 Å². The molecule has 0 aliphatic rings. The van der Waals surface area contributed by atoms with Crippen molar-refractivity contribution in [3.05, 3.63) is 90.0 Å². The molecule has 0 amide bonds. The Hall–Kier alpha value is -2.84. The first-order valence-corrected chi connectivity index (χ1v) is 8.07. The van der Waals surface area contributed by atoms with Crippen LogP contribution in [0, 0.1) is 0 Å². The average molecular weight is 332 g/mol. The van der Waals surface area contributed by atoms with E-state index in [4.69, 9.17) is 16.1 Å². The molecule has 24 heavy (non-hydrogen) atoms. The zero-order valence-electron chi connectivity index (χ0n) is 12.8. The first-order valence-electron chi connectivity index (χ1n) is 7.69. The fourth-order valence-electron chi connectivity index (χ4n) is 2.75. The van der Waals surface area contributed by atoms with E-state index in [9.17, 15) is 0 Å². The van der Waals surface area contributed by atoms with Gasteiger partial charge in [-0.15, -0.1) is 0 Å². The summed E-state index contributed by atoms with van der Waals surface area (Å²) in [6.45, 7) is 0. The van der Waals surface area contributed by atoms with E-state index in [1.165, 1.54) is 0 Å². The van der Waals surface area contributed by atoms with Gasteiger partial charge in [-0.3, -0.25) is 0 Å². The van der Waals surface area contributed by atoms with E-state index in [-0.39, 0.29) is 0 Å². The van der Waals surface area contributed by atoms with Crippen molar-refractivity contribution >= 4 is 11.6 Å². The van der Waals surface area contributed by atoms with Gasteiger partial charge in [0, 0.05) is 16.1 Å². The number of benzene rings is 3. The molecule has 1 heterocycles. The molecule has 4 rings (SSSR count). The molecule has 1 aromatic heterocycles. The third-order valence-electron chi connectivity index (χ3n) is 3.91. The summed E-state index contributed by atoms with van der Waals surface area (Å²) >= 11 is 6.05. The molecular weight excluding hydrogens is 318 g/mol. The summed E-state index contributed by atoms with van der Waals surface area (Å²) in [4.78, 5) is 0. The quantitative estimate of drug-likeness (QED) is 0.438. The number of rotatable bonds is 3. The van der Waals surface area contributed by atoms with Gasteiger partial charge in [-0.25, -0.2) is 0 Å². The summed E-state index contributed by atoms with van der Waals surface area (Å²) < 4.78 is 5.74. The summed E-state index contributed by atoms with van der Waals surface area (Å²) in [5.74, 6) is 0.761. The highest BCUT2D eigenvalue weighted by molar-refractivity contribution is 6.30. The zero-order chi connectivity index (χ0) is 16.4. The summed E-state index contributed by atoms with van der Waals surface area (Å²) in [5.41, 5.74) is 4.85. The molecule has 3 heteroatoms. The minimum atomic E-state index is 0.706. The molecule has 4 aromatic rings. The second-order valence-corrected chi connectivity index (χ2v) is 5.91. The van der Waals surface area contributed by atoms with Crippen LogP contribution in [0.1, 0.15) is 0 Å². The van der Waals surface area contributed by atoms with Gasteiger partial charge in [-0.2, -0.15) is 0 Å². The molecule has 0 saturated heterocycles. The Kier molecular flexibility index (Phi) is 3.89. The van der Waals surface area contributed by atoms with E-state index in [1.807, 2.05) is 84.9 Å². The van der Waals surface area contributed by atoms with Gasteiger partial charge in [-0.1, -0.05) is 89.6 Å². The topological polar surface area (TPSA) is 26.0 Å². The van der Waals surface area contributed by atoms with E-state index in [0.717, 1.165) is 33.7 Å². The number of hydrogen-bond donors (Lipinski definition) is 0. The average Bonchev–Trinajstić information content (AvgIpc) is 3.09. The molecule has 0 saturated carbocycles. The minimum Gasteiger partial charge on any atom is -0.355 e. The Morgan fingerprint density at radius 1 is 0.625 bits per heavy atom. The van der Waals surface area contributed by atoms with Crippen molar-refractivity contribution in [1.82, 2.24) is 5.16 Å². The largest absolute Gasteiger partial charge is 0.355 e. The smallest absolute Gasteiger partial charge is 0.175 e.